The van der Waals surface area contributed by atoms with E-state index in [0.717, 1.165) is 57.8 Å². The van der Waals surface area contributed by atoms with E-state index < -0.39 is 6.10 Å². The monoisotopic (exact) mass is 1100 g/mol. The molecule has 78 heavy (non-hydrogen) atoms. The van der Waals surface area contributed by atoms with E-state index in [1.807, 2.05) is 0 Å². The third-order valence-corrected chi connectivity index (χ3v) is 16.5. The predicted molar refractivity (Wildman–Crippen MR) is 340 cm³/mol. The minimum atomic E-state index is -0.764. The van der Waals surface area contributed by atoms with Crippen molar-refractivity contribution in [2.45, 2.75) is 419 Å². The molecule has 0 aliphatic carbocycles. The van der Waals surface area contributed by atoms with E-state index in [-0.39, 0.29) is 31.1 Å². The number of esters is 3. The Kier molecular flexibility index (Phi) is 66.0. The van der Waals surface area contributed by atoms with Gasteiger partial charge in [0, 0.05) is 19.3 Å². The summed E-state index contributed by atoms with van der Waals surface area (Å²) in [5.41, 5.74) is 0. The Morgan fingerprint density at radius 1 is 0.244 bits per heavy atom. The molecule has 0 saturated carbocycles. The van der Waals surface area contributed by atoms with Crippen LogP contribution in [0, 0.1) is 0 Å². The normalized spacial score (nSPS) is 12.0. The lowest BCUT2D eigenvalue weighted by Crippen LogP contribution is -2.30. The van der Waals surface area contributed by atoms with Crippen LogP contribution in [0.25, 0.3) is 0 Å². The van der Waals surface area contributed by atoms with E-state index in [0.29, 0.717) is 19.3 Å². The number of carbonyl (C=O) groups is 3. The fraction of sp³-hybridized carbons (Fsp3) is 0.931. The van der Waals surface area contributed by atoms with Gasteiger partial charge in [0.25, 0.3) is 0 Å². The molecule has 0 spiro atoms. The number of unbranched alkanes of at least 4 members (excludes halogenated alkanes) is 54. The molecule has 462 valence electrons. The maximum Gasteiger partial charge on any atom is 0.306 e. The molecule has 0 aromatic carbocycles. The maximum absolute atomic E-state index is 12.9. The van der Waals surface area contributed by atoms with Gasteiger partial charge in [0.15, 0.2) is 6.10 Å². The molecular weight excluding hydrogens is 961 g/mol. The summed E-state index contributed by atoms with van der Waals surface area (Å²) < 4.78 is 17.0. The van der Waals surface area contributed by atoms with Crippen LogP contribution in [-0.4, -0.2) is 37.2 Å². The topological polar surface area (TPSA) is 78.9 Å². The first-order valence-electron chi connectivity index (χ1n) is 35.7. The molecule has 0 aliphatic heterocycles. The molecular formula is C72H138O6. The van der Waals surface area contributed by atoms with Gasteiger partial charge in [-0.2, -0.15) is 0 Å². The van der Waals surface area contributed by atoms with Crippen molar-refractivity contribution in [3.63, 3.8) is 0 Å². The molecule has 6 nitrogen and oxygen atoms in total. The summed E-state index contributed by atoms with van der Waals surface area (Å²) in [6.45, 7) is 6.72. The van der Waals surface area contributed by atoms with Crippen LogP contribution in [0.2, 0.25) is 0 Å². The molecule has 0 aliphatic rings. The van der Waals surface area contributed by atoms with Crippen LogP contribution >= 0.6 is 0 Å². The van der Waals surface area contributed by atoms with Gasteiger partial charge in [0.2, 0.25) is 0 Å². The highest BCUT2D eigenvalue weighted by Gasteiger charge is 2.19. The first-order chi connectivity index (χ1) is 38.5. The van der Waals surface area contributed by atoms with Crippen LogP contribution in [0.3, 0.4) is 0 Å². The molecule has 0 aromatic heterocycles. The van der Waals surface area contributed by atoms with Crippen LogP contribution in [0.1, 0.15) is 412 Å². The van der Waals surface area contributed by atoms with E-state index >= 15 is 0 Å². The molecule has 0 amide bonds. The Morgan fingerprint density at radius 2 is 0.423 bits per heavy atom. The number of hydrogen-bond acceptors (Lipinski definition) is 6. The highest BCUT2D eigenvalue weighted by molar-refractivity contribution is 5.71. The number of hydrogen-bond donors (Lipinski definition) is 0. The molecule has 0 aromatic rings. The summed E-state index contributed by atoms with van der Waals surface area (Å²) >= 11 is 0. The van der Waals surface area contributed by atoms with Crippen molar-refractivity contribution in [2.24, 2.45) is 0 Å². The summed E-state index contributed by atoms with van der Waals surface area (Å²) in [5.74, 6) is -0.827. The molecule has 0 rings (SSSR count). The van der Waals surface area contributed by atoms with Crippen molar-refractivity contribution >= 4 is 17.9 Å². The first kappa shape index (κ1) is 76.1. The lowest BCUT2D eigenvalue weighted by atomic mass is 10.0. The second-order valence-electron chi connectivity index (χ2n) is 24.5. The van der Waals surface area contributed by atoms with Gasteiger partial charge >= 0.3 is 17.9 Å². The first-order valence-corrected chi connectivity index (χ1v) is 35.7. The van der Waals surface area contributed by atoms with Crippen molar-refractivity contribution in [3.05, 3.63) is 12.2 Å². The summed E-state index contributed by atoms with van der Waals surface area (Å²) in [4.78, 5) is 38.3. The van der Waals surface area contributed by atoms with Crippen LogP contribution < -0.4 is 0 Å². The van der Waals surface area contributed by atoms with E-state index in [2.05, 4.69) is 32.9 Å². The summed E-state index contributed by atoms with van der Waals surface area (Å²) in [6.07, 6.45) is 81.1. The summed E-state index contributed by atoms with van der Waals surface area (Å²) in [7, 11) is 0. The van der Waals surface area contributed by atoms with Gasteiger partial charge in [-0.1, -0.05) is 360 Å². The van der Waals surface area contributed by atoms with Gasteiger partial charge < -0.3 is 14.2 Å². The standard InChI is InChI=1S/C72H138O6/c1-4-7-10-13-16-19-22-25-27-29-30-31-32-33-34-35-36-37-38-39-40-41-42-44-45-47-50-53-56-59-62-65-71(74)77-68-69(67-76-70(73)64-61-58-55-52-49-24-21-18-15-12-9-6-3)78-72(75)66-63-60-57-54-51-48-46-43-28-26-23-20-17-14-11-8-5-2/h29-30,69H,4-28,31-68H2,1-3H3/b30-29-. The van der Waals surface area contributed by atoms with Crippen LogP contribution in [0.5, 0.6) is 0 Å². The Labute approximate surface area is 488 Å². The van der Waals surface area contributed by atoms with Crippen LogP contribution in [0.15, 0.2) is 12.2 Å². The second-order valence-corrected chi connectivity index (χ2v) is 24.5. The van der Waals surface area contributed by atoms with Crippen LogP contribution in [0.4, 0.5) is 0 Å². The molecule has 1 unspecified atom stereocenters. The number of ether oxygens (including phenoxy) is 3. The van der Waals surface area contributed by atoms with Gasteiger partial charge in [0.05, 0.1) is 0 Å². The van der Waals surface area contributed by atoms with Crippen molar-refractivity contribution in [2.75, 3.05) is 13.2 Å². The number of allylic oxidation sites excluding steroid dienone is 2. The SMILES string of the molecule is CCCCCCCCCC/C=C\CCCCCCCCCCCCCCCCCCCCCC(=O)OCC(COC(=O)CCCCCCCCCCCCCC)OC(=O)CCCCCCCCCCCCCCCCCCC. The van der Waals surface area contributed by atoms with Gasteiger partial charge in [0.1, 0.15) is 13.2 Å². The van der Waals surface area contributed by atoms with E-state index in [4.69, 9.17) is 14.2 Å². The Balaban J connectivity index is 4.09. The molecule has 0 saturated heterocycles. The summed E-state index contributed by atoms with van der Waals surface area (Å²) in [6, 6.07) is 0. The molecule has 0 N–H and O–H groups in total. The molecule has 0 fully saturated rings. The van der Waals surface area contributed by atoms with E-state index in [9.17, 15) is 14.4 Å². The molecule has 6 heteroatoms. The molecule has 0 radical (unpaired) electrons. The second kappa shape index (κ2) is 67.7. The van der Waals surface area contributed by atoms with Gasteiger partial charge in [-0.25, -0.2) is 0 Å². The molecule has 0 heterocycles. The summed E-state index contributed by atoms with van der Waals surface area (Å²) in [5, 5.41) is 0. The van der Waals surface area contributed by atoms with Gasteiger partial charge in [-0.15, -0.1) is 0 Å². The fourth-order valence-corrected chi connectivity index (χ4v) is 11.2. The van der Waals surface area contributed by atoms with E-state index in [1.165, 1.54) is 315 Å². The predicted octanol–water partition coefficient (Wildman–Crippen LogP) is 24.4. The van der Waals surface area contributed by atoms with Crippen molar-refractivity contribution in [1.82, 2.24) is 0 Å². The Hall–Kier alpha value is -1.85. The third kappa shape index (κ3) is 65.0. The number of rotatable bonds is 67. The zero-order chi connectivity index (χ0) is 56.4. The van der Waals surface area contributed by atoms with Gasteiger partial charge in [-0.3, -0.25) is 14.4 Å². The maximum atomic E-state index is 12.9. The zero-order valence-electron chi connectivity index (χ0n) is 53.2. The largest absolute Gasteiger partial charge is 0.462 e. The highest BCUT2D eigenvalue weighted by atomic mass is 16.6. The average molecular weight is 1100 g/mol. The zero-order valence-corrected chi connectivity index (χ0v) is 53.2. The number of carbonyl (C=O) groups excluding carboxylic acids is 3. The Bertz CT molecular complexity index is 1210. The third-order valence-electron chi connectivity index (χ3n) is 16.5. The fourth-order valence-electron chi connectivity index (χ4n) is 11.2. The van der Waals surface area contributed by atoms with Gasteiger partial charge in [-0.05, 0) is 44.9 Å². The average Bonchev–Trinajstić information content (AvgIpc) is 3.44. The quantitative estimate of drug-likeness (QED) is 0.0261. The highest BCUT2D eigenvalue weighted by Crippen LogP contribution is 2.19. The minimum absolute atomic E-state index is 0.0619. The lowest BCUT2D eigenvalue weighted by molar-refractivity contribution is -0.167. The lowest BCUT2D eigenvalue weighted by Gasteiger charge is -2.18. The van der Waals surface area contributed by atoms with Crippen molar-refractivity contribution < 1.29 is 28.6 Å². The minimum Gasteiger partial charge on any atom is -0.462 e. The molecule has 0 bridgehead atoms. The van der Waals surface area contributed by atoms with Crippen molar-refractivity contribution in [1.29, 1.82) is 0 Å². The Morgan fingerprint density at radius 3 is 0.641 bits per heavy atom. The smallest absolute Gasteiger partial charge is 0.306 e. The van der Waals surface area contributed by atoms with Crippen molar-refractivity contribution in [3.8, 4) is 0 Å². The van der Waals surface area contributed by atoms with E-state index in [1.54, 1.807) is 0 Å². The molecule has 1 atom stereocenters. The van der Waals surface area contributed by atoms with Crippen LogP contribution in [-0.2, 0) is 28.6 Å².